The van der Waals surface area contributed by atoms with E-state index in [1.165, 1.54) is 10.5 Å². The summed E-state index contributed by atoms with van der Waals surface area (Å²) in [6.07, 6.45) is -4.79. The lowest BCUT2D eigenvalue weighted by atomic mass is 9.91. The number of hydrogen-bond acceptors (Lipinski definition) is 6. The molecule has 0 saturated carbocycles. The number of benzene rings is 3. The highest BCUT2D eigenvalue weighted by molar-refractivity contribution is 8.14. The number of nitrogens with one attached hydrogen (secondary N) is 1. The van der Waals surface area contributed by atoms with Crippen molar-refractivity contribution in [2.75, 3.05) is 12.3 Å². The summed E-state index contributed by atoms with van der Waals surface area (Å²) in [5.74, 6) is -0.944. The molecule has 14 heteroatoms. The van der Waals surface area contributed by atoms with Gasteiger partial charge < -0.3 is 0 Å². The number of hydrogen-bond donors (Lipinski definition) is 2. The molecule has 1 atom stereocenters. The van der Waals surface area contributed by atoms with E-state index in [1.807, 2.05) is 30.3 Å². The summed E-state index contributed by atoms with van der Waals surface area (Å²) in [5.41, 5.74) is 2.79. The molecule has 1 aliphatic heterocycles. The summed E-state index contributed by atoms with van der Waals surface area (Å²) in [4.78, 5) is 11.1. The van der Waals surface area contributed by atoms with Gasteiger partial charge in [0.1, 0.15) is 0 Å². The number of hydroxylamine groups is 1. The minimum Gasteiger partial charge on any atom is -0.289 e. The van der Waals surface area contributed by atoms with Crippen LogP contribution in [0.2, 0.25) is 5.02 Å². The largest absolute Gasteiger partial charge is 0.416 e. The van der Waals surface area contributed by atoms with Crippen molar-refractivity contribution in [1.82, 2.24) is 10.5 Å². The van der Waals surface area contributed by atoms with Crippen molar-refractivity contribution >= 4 is 50.2 Å². The van der Waals surface area contributed by atoms with Crippen LogP contribution < -0.4 is 5.48 Å². The molecule has 1 unspecified atom stereocenters. The van der Waals surface area contributed by atoms with E-state index in [9.17, 15) is 26.4 Å². The highest BCUT2D eigenvalue weighted by Crippen LogP contribution is 2.33. The van der Waals surface area contributed by atoms with Crippen molar-refractivity contribution in [3.05, 3.63) is 101 Å². The summed E-state index contributed by atoms with van der Waals surface area (Å²) < 4.78 is 69.2. The molecule has 4 rings (SSSR count). The lowest BCUT2D eigenvalue weighted by molar-refractivity contribution is -0.137. The molecule has 0 aliphatic carbocycles. The topological polar surface area (TPSA) is 111 Å². The zero-order valence-corrected chi connectivity index (χ0v) is 22.9. The molecule has 0 bridgehead atoms. The SMILES string of the molecule is O=C(CCS/C(=N\S(=O)(=O)c1ccc(C(F)(F)F)cc1)N1CC(c2ccccc2)C(c2ccc(Cl)cc2)=N1)NO. The van der Waals surface area contributed by atoms with Gasteiger partial charge in [0.2, 0.25) is 5.91 Å². The maximum absolute atomic E-state index is 13.2. The molecule has 2 N–H and O–H groups in total. The minimum atomic E-state index is -4.63. The van der Waals surface area contributed by atoms with E-state index < -0.39 is 32.6 Å². The van der Waals surface area contributed by atoms with E-state index in [1.54, 1.807) is 24.3 Å². The number of amidine groups is 1. The minimum absolute atomic E-state index is 0.0338. The lowest BCUT2D eigenvalue weighted by Gasteiger charge is -2.18. The molecule has 1 heterocycles. The summed E-state index contributed by atoms with van der Waals surface area (Å²) in [6.45, 7) is 0.197. The number of rotatable bonds is 7. The molecule has 3 aromatic carbocycles. The summed E-state index contributed by atoms with van der Waals surface area (Å²) in [6, 6.07) is 19.4. The lowest BCUT2D eigenvalue weighted by Crippen LogP contribution is -2.26. The number of carbonyl (C=O) groups excluding carboxylic acids is 1. The third-order valence-electron chi connectivity index (χ3n) is 5.84. The monoisotopic (exact) mass is 610 g/mol. The molecule has 40 heavy (non-hydrogen) atoms. The molecule has 8 nitrogen and oxygen atoms in total. The van der Waals surface area contributed by atoms with Gasteiger partial charge in [-0.25, -0.2) is 10.5 Å². The van der Waals surface area contributed by atoms with Crippen LogP contribution in [-0.4, -0.2) is 47.7 Å². The maximum atomic E-state index is 13.2. The summed E-state index contributed by atoms with van der Waals surface area (Å²) >= 11 is 6.96. The number of halogens is 4. The van der Waals surface area contributed by atoms with Crippen molar-refractivity contribution < 1.29 is 31.6 Å². The molecule has 210 valence electrons. The molecule has 1 amide bonds. The molecule has 0 aromatic heterocycles. The summed E-state index contributed by atoms with van der Waals surface area (Å²) in [7, 11) is -4.46. The molecule has 0 radical (unpaired) electrons. The highest BCUT2D eigenvalue weighted by Gasteiger charge is 2.33. The van der Waals surface area contributed by atoms with Crippen molar-refractivity contribution in [2.24, 2.45) is 9.50 Å². The number of nitrogens with zero attached hydrogens (tertiary/aromatic N) is 3. The van der Waals surface area contributed by atoms with Gasteiger partial charge in [0.15, 0.2) is 5.17 Å². The van der Waals surface area contributed by atoms with E-state index in [4.69, 9.17) is 16.8 Å². The Balaban J connectivity index is 1.74. The van der Waals surface area contributed by atoms with Gasteiger partial charge in [0.25, 0.3) is 10.0 Å². The Morgan fingerprint density at radius 3 is 2.33 bits per heavy atom. The second-order valence-corrected chi connectivity index (χ2v) is 11.6. The quantitative estimate of drug-likeness (QED) is 0.157. The van der Waals surface area contributed by atoms with Crippen LogP contribution in [0, 0.1) is 0 Å². The Bertz CT molecular complexity index is 1520. The third kappa shape index (κ3) is 7.22. The standard InChI is InChI=1S/C26H22ClF3N4O4S2/c27-20-10-6-18(7-11-20)24-22(17-4-2-1-3-5-17)16-34(31-24)25(39-15-14-23(35)32-36)33-40(37,38)21-12-8-19(9-13-21)26(28,29)30/h1-13,22,36H,14-16H2,(H,32,35)/b33-25-. The van der Waals surface area contributed by atoms with E-state index >= 15 is 0 Å². The summed E-state index contributed by atoms with van der Waals surface area (Å²) in [5, 5.41) is 15.3. The molecular weight excluding hydrogens is 589 g/mol. The highest BCUT2D eigenvalue weighted by atomic mass is 35.5. The second-order valence-electron chi connectivity index (χ2n) is 8.54. The zero-order chi connectivity index (χ0) is 28.9. The first-order valence-corrected chi connectivity index (χ1v) is 14.5. The Hall–Kier alpha value is -3.39. The Kier molecular flexibility index (Phi) is 9.19. The molecule has 1 aliphatic rings. The van der Waals surface area contributed by atoms with Crippen molar-refractivity contribution in [1.29, 1.82) is 0 Å². The predicted octanol–water partition coefficient (Wildman–Crippen LogP) is 5.54. The van der Waals surface area contributed by atoms with E-state index in [2.05, 4.69) is 9.50 Å². The Morgan fingerprint density at radius 1 is 1.07 bits per heavy atom. The second kappa shape index (κ2) is 12.4. The van der Waals surface area contributed by atoms with Crippen molar-refractivity contribution in [2.45, 2.75) is 23.4 Å². The average Bonchev–Trinajstić information content (AvgIpc) is 3.38. The van der Waals surface area contributed by atoms with Gasteiger partial charge in [0.05, 0.1) is 22.7 Å². The van der Waals surface area contributed by atoms with Crippen LogP contribution in [0.15, 0.2) is 93.3 Å². The average molecular weight is 611 g/mol. The van der Waals surface area contributed by atoms with Gasteiger partial charge in [-0.2, -0.15) is 26.7 Å². The van der Waals surface area contributed by atoms with E-state index in [-0.39, 0.29) is 29.8 Å². The van der Waals surface area contributed by atoms with Gasteiger partial charge in [0, 0.05) is 23.1 Å². The number of amides is 1. The van der Waals surface area contributed by atoms with Crippen LogP contribution in [0.25, 0.3) is 0 Å². The third-order valence-corrected chi connectivity index (χ3v) is 8.46. The van der Waals surface area contributed by atoms with Crippen LogP contribution >= 0.6 is 23.4 Å². The fraction of sp³-hybridized carbons (Fsp3) is 0.192. The predicted molar refractivity (Wildman–Crippen MR) is 147 cm³/mol. The number of hydrazone groups is 1. The van der Waals surface area contributed by atoms with Gasteiger partial charge >= 0.3 is 6.18 Å². The molecule has 0 fully saturated rings. The molecule has 0 spiro atoms. The van der Waals surface area contributed by atoms with Crippen molar-refractivity contribution in [3.8, 4) is 0 Å². The first-order chi connectivity index (χ1) is 19.0. The van der Waals surface area contributed by atoms with Gasteiger partial charge in [-0.05, 0) is 47.5 Å². The maximum Gasteiger partial charge on any atom is 0.416 e. The smallest absolute Gasteiger partial charge is 0.289 e. The molecule has 0 saturated heterocycles. The van der Waals surface area contributed by atoms with Gasteiger partial charge in [-0.3, -0.25) is 10.0 Å². The molecular formula is C26H22ClF3N4O4S2. The first-order valence-electron chi connectivity index (χ1n) is 11.7. The Morgan fingerprint density at radius 2 is 1.73 bits per heavy atom. The van der Waals surface area contributed by atoms with Crippen LogP contribution in [0.3, 0.4) is 0 Å². The number of carbonyl (C=O) groups is 1. The van der Waals surface area contributed by atoms with E-state index in [0.717, 1.165) is 35.0 Å². The number of alkyl halides is 3. The van der Waals surface area contributed by atoms with Crippen LogP contribution in [0.5, 0.6) is 0 Å². The van der Waals surface area contributed by atoms with Crippen LogP contribution in [0.1, 0.15) is 29.0 Å². The van der Waals surface area contributed by atoms with E-state index in [0.29, 0.717) is 22.9 Å². The van der Waals surface area contributed by atoms with Crippen LogP contribution in [-0.2, 0) is 21.0 Å². The number of sulfonamides is 1. The van der Waals surface area contributed by atoms with Gasteiger partial charge in [-0.15, -0.1) is 4.40 Å². The Labute approximate surface area is 237 Å². The fourth-order valence-electron chi connectivity index (χ4n) is 3.86. The zero-order valence-electron chi connectivity index (χ0n) is 20.5. The normalized spacial score (nSPS) is 16.1. The molecule has 3 aromatic rings. The van der Waals surface area contributed by atoms with Gasteiger partial charge in [-0.1, -0.05) is 65.8 Å². The van der Waals surface area contributed by atoms with Crippen molar-refractivity contribution in [3.63, 3.8) is 0 Å². The fourth-order valence-corrected chi connectivity index (χ4v) is 6.11. The first kappa shape index (κ1) is 29.6. The van der Waals surface area contributed by atoms with Crippen LogP contribution in [0.4, 0.5) is 13.2 Å². The number of thioether (sulfide) groups is 1.